The van der Waals surface area contributed by atoms with E-state index in [4.69, 9.17) is 5.11 Å². The molecule has 2 rings (SSSR count). The Kier molecular flexibility index (Phi) is 4.82. The second-order valence-electron chi connectivity index (χ2n) is 5.69. The van der Waals surface area contributed by atoms with Crippen molar-refractivity contribution in [1.29, 1.82) is 0 Å². The molecule has 0 unspecified atom stereocenters. The van der Waals surface area contributed by atoms with Crippen LogP contribution in [0.3, 0.4) is 0 Å². The number of amides is 2. The summed E-state index contributed by atoms with van der Waals surface area (Å²) in [6.07, 6.45) is 1.72. The van der Waals surface area contributed by atoms with Gasteiger partial charge in [0.15, 0.2) is 0 Å². The number of nitrogens with zero attached hydrogens (tertiary/aromatic N) is 2. The number of urea groups is 1. The van der Waals surface area contributed by atoms with Gasteiger partial charge in [-0.3, -0.25) is 4.79 Å². The first-order chi connectivity index (χ1) is 9.90. The first-order valence-corrected chi connectivity index (χ1v) is 7.96. The maximum atomic E-state index is 12.0. The van der Waals surface area contributed by atoms with Crippen LogP contribution in [-0.2, 0) is 11.2 Å². The van der Waals surface area contributed by atoms with Crippen LogP contribution in [-0.4, -0.2) is 46.6 Å². The number of aromatic nitrogens is 1. The fraction of sp³-hybridized carbons (Fsp3) is 0.643. The summed E-state index contributed by atoms with van der Waals surface area (Å²) in [4.78, 5) is 29.2. The third kappa shape index (κ3) is 3.93. The summed E-state index contributed by atoms with van der Waals surface area (Å²) < 4.78 is 0. The standard InChI is InChI=1S/C14H21N3O3S/c1-10-16-11(9-21-10)3-6-15-13(20)17-7-4-14(2,5-8-17)12(18)19/h9H,3-8H2,1-2H3,(H,15,20)(H,18,19). The molecule has 0 saturated carbocycles. The molecule has 0 spiro atoms. The molecule has 1 fully saturated rings. The van der Waals surface area contributed by atoms with E-state index in [0.29, 0.717) is 32.5 Å². The van der Waals surface area contributed by atoms with Gasteiger partial charge in [0.1, 0.15) is 0 Å². The molecular weight excluding hydrogens is 290 g/mol. The number of carboxylic acids is 1. The highest BCUT2D eigenvalue weighted by Gasteiger charge is 2.37. The molecule has 116 valence electrons. The van der Waals surface area contributed by atoms with Gasteiger partial charge in [0.2, 0.25) is 0 Å². The number of hydrogen-bond acceptors (Lipinski definition) is 4. The van der Waals surface area contributed by atoms with E-state index < -0.39 is 11.4 Å². The highest BCUT2D eigenvalue weighted by atomic mass is 32.1. The molecule has 2 heterocycles. The van der Waals surface area contributed by atoms with E-state index >= 15 is 0 Å². The molecule has 7 heteroatoms. The SMILES string of the molecule is Cc1nc(CCNC(=O)N2CCC(C)(C(=O)O)CC2)cs1. The molecular formula is C14H21N3O3S. The second-order valence-corrected chi connectivity index (χ2v) is 6.75. The van der Waals surface area contributed by atoms with E-state index in [-0.39, 0.29) is 6.03 Å². The number of carboxylic acid groups (broad SMARTS) is 1. The summed E-state index contributed by atoms with van der Waals surface area (Å²) in [5.41, 5.74) is 0.296. The maximum absolute atomic E-state index is 12.0. The van der Waals surface area contributed by atoms with Crippen molar-refractivity contribution >= 4 is 23.3 Å². The van der Waals surface area contributed by atoms with Crippen LogP contribution in [0.5, 0.6) is 0 Å². The highest BCUT2D eigenvalue weighted by molar-refractivity contribution is 7.09. The summed E-state index contributed by atoms with van der Waals surface area (Å²) in [5.74, 6) is -0.776. The summed E-state index contributed by atoms with van der Waals surface area (Å²) in [6.45, 7) is 5.23. The van der Waals surface area contributed by atoms with Gasteiger partial charge in [0.05, 0.1) is 16.1 Å². The van der Waals surface area contributed by atoms with Gasteiger partial charge in [-0.15, -0.1) is 11.3 Å². The van der Waals surface area contributed by atoms with E-state index in [2.05, 4.69) is 10.3 Å². The van der Waals surface area contributed by atoms with Crippen molar-refractivity contribution < 1.29 is 14.7 Å². The van der Waals surface area contributed by atoms with Crippen molar-refractivity contribution in [2.24, 2.45) is 5.41 Å². The predicted octanol–water partition coefficient (Wildman–Crippen LogP) is 1.89. The number of aryl methyl sites for hydroxylation is 1. The van der Waals surface area contributed by atoms with E-state index in [9.17, 15) is 9.59 Å². The lowest BCUT2D eigenvalue weighted by atomic mass is 9.80. The van der Waals surface area contributed by atoms with E-state index in [0.717, 1.165) is 17.1 Å². The Hall–Kier alpha value is -1.63. The summed E-state index contributed by atoms with van der Waals surface area (Å²) in [6, 6.07) is -0.116. The van der Waals surface area contributed by atoms with Gasteiger partial charge in [-0.25, -0.2) is 9.78 Å². The Bertz CT molecular complexity index is 521. The smallest absolute Gasteiger partial charge is 0.317 e. The van der Waals surface area contributed by atoms with Gasteiger partial charge in [-0.1, -0.05) is 0 Å². The lowest BCUT2D eigenvalue weighted by Gasteiger charge is -2.36. The molecule has 21 heavy (non-hydrogen) atoms. The Morgan fingerprint density at radius 2 is 2.14 bits per heavy atom. The van der Waals surface area contributed by atoms with Gasteiger partial charge in [-0.2, -0.15) is 0 Å². The number of carbonyl (C=O) groups is 2. The number of aliphatic carboxylic acids is 1. The van der Waals surface area contributed by atoms with Crippen molar-refractivity contribution in [3.8, 4) is 0 Å². The second kappa shape index (κ2) is 6.43. The van der Waals surface area contributed by atoms with Crippen LogP contribution in [0.1, 0.15) is 30.5 Å². The number of likely N-dealkylation sites (tertiary alicyclic amines) is 1. The maximum Gasteiger partial charge on any atom is 0.317 e. The Balaban J connectivity index is 1.74. The van der Waals surface area contributed by atoms with Crippen LogP contribution in [0, 0.1) is 12.3 Å². The molecule has 6 nitrogen and oxygen atoms in total. The molecule has 1 aliphatic rings. The number of piperidine rings is 1. The molecule has 1 aromatic heterocycles. The lowest BCUT2D eigenvalue weighted by Crippen LogP contribution is -2.49. The number of rotatable bonds is 4. The van der Waals surface area contributed by atoms with Crippen molar-refractivity contribution in [2.75, 3.05) is 19.6 Å². The largest absolute Gasteiger partial charge is 0.481 e. The number of thiazole rings is 1. The number of carbonyl (C=O) groups excluding carboxylic acids is 1. The van der Waals surface area contributed by atoms with Crippen LogP contribution in [0.2, 0.25) is 0 Å². The Morgan fingerprint density at radius 3 is 2.67 bits per heavy atom. The average Bonchev–Trinajstić information content (AvgIpc) is 2.85. The average molecular weight is 311 g/mol. The van der Waals surface area contributed by atoms with Crippen molar-refractivity contribution in [1.82, 2.24) is 15.2 Å². The zero-order valence-electron chi connectivity index (χ0n) is 12.4. The van der Waals surface area contributed by atoms with Gasteiger partial charge in [0, 0.05) is 31.4 Å². The minimum Gasteiger partial charge on any atom is -0.481 e. The topological polar surface area (TPSA) is 82.5 Å². The number of nitrogens with one attached hydrogen (secondary N) is 1. The lowest BCUT2D eigenvalue weighted by molar-refractivity contribution is -0.150. The third-order valence-corrected chi connectivity index (χ3v) is 4.82. The van der Waals surface area contributed by atoms with Crippen LogP contribution in [0.15, 0.2) is 5.38 Å². The first kappa shape index (κ1) is 15.8. The predicted molar refractivity (Wildman–Crippen MR) is 80.5 cm³/mol. The molecule has 0 radical (unpaired) electrons. The van der Waals surface area contributed by atoms with Gasteiger partial charge in [-0.05, 0) is 26.7 Å². The molecule has 2 amide bonds. The summed E-state index contributed by atoms with van der Waals surface area (Å²) in [5, 5.41) is 15.1. The highest BCUT2D eigenvalue weighted by Crippen LogP contribution is 2.30. The molecule has 1 aromatic rings. The van der Waals surface area contributed by atoms with Crippen LogP contribution >= 0.6 is 11.3 Å². The number of hydrogen-bond donors (Lipinski definition) is 2. The molecule has 0 atom stereocenters. The molecule has 2 N–H and O–H groups in total. The minimum atomic E-state index is -0.776. The molecule has 1 aliphatic heterocycles. The molecule has 1 saturated heterocycles. The van der Waals surface area contributed by atoms with Gasteiger partial charge >= 0.3 is 12.0 Å². The zero-order chi connectivity index (χ0) is 15.5. The van der Waals surface area contributed by atoms with E-state index in [1.54, 1.807) is 23.2 Å². The molecule has 0 bridgehead atoms. The van der Waals surface area contributed by atoms with Crippen LogP contribution < -0.4 is 5.32 Å². The van der Waals surface area contributed by atoms with Crippen LogP contribution in [0.4, 0.5) is 4.79 Å². The van der Waals surface area contributed by atoms with Crippen molar-refractivity contribution in [3.05, 3.63) is 16.1 Å². The molecule has 0 aromatic carbocycles. The quantitative estimate of drug-likeness (QED) is 0.889. The van der Waals surface area contributed by atoms with E-state index in [1.165, 1.54) is 0 Å². The Labute approximate surface area is 128 Å². The van der Waals surface area contributed by atoms with Gasteiger partial charge in [0.25, 0.3) is 0 Å². The Morgan fingerprint density at radius 1 is 1.48 bits per heavy atom. The fourth-order valence-electron chi connectivity index (χ4n) is 2.35. The third-order valence-electron chi connectivity index (χ3n) is 3.99. The fourth-order valence-corrected chi connectivity index (χ4v) is 3.00. The van der Waals surface area contributed by atoms with E-state index in [1.807, 2.05) is 12.3 Å². The summed E-state index contributed by atoms with van der Waals surface area (Å²) >= 11 is 1.60. The normalized spacial score (nSPS) is 17.5. The van der Waals surface area contributed by atoms with Gasteiger partial charge < -0.3 is 15.3 Å². The zero-order valence-corrected chi connectivity index (χ0v) is 13.2. The van der Waals surface area contributed by atoms with Crippen LogP contribution in [0.25, 0.3) is 0 Å². The van der Waals surface area contributed by atoms with Crippen molar-refractivity contribution in [2.45, 2.75) is 33.1 Å². The monoisotopic (exact) mass is 311 g/mol. The molecule has 0 aliphatic carbocycles. The van der Waals surface area contributed by atoms with Crippen molar-refractivity contribution in [3.63, 3.8) is 0 Å². The minimum absolute atomic E-state index is 0.116. The first-order valence-electron chi connectivity index (χ1n) is 7.08. The summed E-state index contributed by atoms with van der Waals surface area (Å²) in [7, 11) is 0.